The zero-order chi connectivity index (χ0) is 16.1. The van der Waals surface area contributed by atoms with Gasteiger partial charge in [-0.05, 0) is 55.4 Å². The Hall–Kier alpha value is -1.72. The van der Waals surface area contributed by atoms with Crippen LogP contribution in [0.3, 0.4) is 0 Å². The molecule has 1 amide bonds. The lowest BCUT2D eigenvalue weighted by Gasteiger charge is -2.31. The van der Waals surface area contributed by atoms with Crippen LogP contribution >= 0.6 is 11.3 Å². The van der Waals surface area contributed by atoms with Crippen LogP contribution in [0.5, 0.6) is 0 Å². The Morgan fingerprint density at radius 1 is 1.22 bits per heavy atom. The molecule has 1 aliphatic rings. The number of benzene rings is 1. The number of carbonyl (C=O) groups excluding carboxylic acids is 1. The van der Waals surface area contributed by atoms with Gasteiger partial charge in [-0.2, -0.15) is 0 Å². The van der Waals surface area contributed by atoms with Crippen LogP contribution in [0.1, 0.15) is 34.0 Å². The molecule has 2 aromatic rings. The minimum Gasteiger partial charge on any atom is -0.351 e. The molecule has 0 saturated carbocycles. The maximum atomic E-state index is 13.5. The number of hydrogen-bond acceptors (Lipinski definition) is 3. The van der Waals surface area contributed by atoms with Crippen molar-refractivity contribution in [1.82, 2.24) is 10.2 Å². The van der Waals surface area contributed by atoms with Gasteiger partial charge in [-0.3, -0.25) is 4.79 Å². The molecule has 0 unspecified atom stereocenters. The fourth-order valence-electron chi connectivity index (χ4n) is 3.03. The van der Waals surface area contributed by atoms with Gasteiger partial charge in [-0.15, -0.1) is 11.3 Å². The third-order valence-electron chi connectivity index (χ3n) is 4.37. The first kappa shape index (κ1) is 16.1. The quantitative estimate of drug-likeness (QED) is 0.909. The van der Waals surface area contributed by atoms with Crippen molar-refractivity contribution in [1.29, 1.82) is 0 Å². The molecule has 1 saturated heterocycles. The molecule has 3 rings (SSSR count). The second-order valence-electron chi connectivity index (χ2n) is 5.87. The van der Waals surface area contributed by atoms with Crippen LogP contribution in [0.2, 0.25) is 0 Å². The molecule has 1 aromatic heterocycles. The number of nitrogens with one attached hydrogen (secondary N) is 1. The maximum Gasteiger partial charge on any atom is 0.254 e. The average molecular weight is 332 g/mol. The second kappa shape index (κ2) is 7.70. The number of carbonyl (C=O) groups is 1. The summed E-state index contributed by atoms with van der Waals surface area (Å²) in [6.45, 7) is 3.48. The van der Waals surface area contributed by atoms with Gasteiger partial charge < -0.3 is 10.2 Å². The lowest BCUT2D eigenvalue weighted by molar-refractivity contribution is 0.0942. The predicted molar refractivity (Wildman–Crippen MR) is 91.5 cm³/mol. The van der Waals surface area contributed by atoms with Crippen molar-refractivity contribution in [2.24, 2.45) is 0 Å². The Morgan fingerprint density at radius 3 is 2.70 bits per heavy atom. The molecule has 1 fully saturated rings. The third-order valence-corrected chi connectivity index (χ3v) is 5.40. The van der Waals surface area contributed by atoms with E-state index >= 15 is 0 Å². The van der Waals surface area contributed by atoms with E-state index in [9.17, 15) is 9.18 Å². The molecule has 5 heteroatoms. The molecule has 0 bridgehead atoms. The van der Waals surface area contributed by atoms with Crippen LogP contribution in [0.4, 0.5) is 4.39 Å². The van der Waals surface area contributed by atoms with Gasteiger partial charge in [0.25, 0.3) is 5.91 Å². The van der Waals surface area contributed by atoms with E-state index in [4.69, 9.17) is 0 Å². The monoisotopic (exact) mass is 332 g/mol. The topological polar surface area (TPSA) is 32.3 Å². The van der Waals surface area contributed by atoms with Crippen LogP contribution < -0.4 is 5.32 Å². The van der Waals surface area contributed by atoms with Gasteiger partial charge in [0, 0.05) is 18.0 Å². The molecule has 1 aromatic carbocycles. The predicted octanol–water partition coefficient (Wildman–Crippen LogP) is 3.50. The van der Waals surface area contributed by atoms with Gasteiger partial charge >= 0.3 is 0 Å². The minimum absolute atomic E-state index is 0.115. The van der Waals surface area contributed by atoms with E-state index in [0.717, 1.165) is 19.6 Å². The third kappa shape index (κ3) is 4.18. The van der Waals surface area contributed by atoms with Crippen LogP contribution in [-0.2, 0) is 0 Å². The number of nitrogens with zero attached hydrogens (tertiary/aromatic N) is 1. The van der Waals surface area contributed by atoms with Gasteiger partial charge in [-0.25, -0.2) is 4.39 Å². The fraction of sp³-hybridized carbons (Fsp3) is 0.389. The zero-order valence-electron chi connectivity index (χ0n) is 13.0. The first-order valence-electron chi connectivity index (χ1n) is 8.02. The summed E-state index contributed by atoms with van der Waals surface area (Å²) in [5, 5.41) is 4.95. The Kier molecular flexibility index (Phi) is 5.41. The van der Waals surface area contributed by atoms with Gasteiger partial charge in [0.1, 0.15) is 5.82 Å². The van der Waals surface area contributed by atoms with E-state index in [0.29, 0.717) is 12.5 Å². The van der Waals surface area contributed by atoms with Gasteiger partial charge in [-0.1, -0.05) is 18.2 Å². The molecular formula is C18H21FN2OS. The first-order chi connectivity index (χ1) is 11.2. The van der Waals surface area contributed by atoms with Gasteiger partial charge in [0.05, 0.1) is 5.56 Å². The number of hydrogen-bond donors (Lipinski definition) is 1. The Labute approximate surface area is 140 Å². The van der Waals surface area contributed by atoms with E-state index in [1.807, 2.05) is 11.3 Å². The van der Waals surface area contributed by atoms with Crippen molar-refractivity contribution in [3.63, 3.8) is 0 Å². The largest absolute Gasteiger partial charge is 0.351 e. The highest BCUT2D eigenvalue weighted by atomic mass is 32.1. The molecular weight excluding hydrogens is 311 g/mol. The summed E-state index contributed by atoms with van der Waals surface area (Å²) >= 11 is 1.84. The van der Waals surface area contributed by atoms with Crippen molar-refractivity contribution in [3.05, 3.63) is 58.0 Å². The lowest BCUT2D eigenvalue weighted by atomic mass is 9.95. The zero-order valence-corrected chi connectivity index (χ0v) is 13.8. The molecule has 0 radical (unpaired) electrons. The van der Waals surface area contributed by atoms with E-state index < -0.39 is 5.82 Å². The van der Waals surface area contributed by atoms with Crippen molar-refractivity contribution in [2.75, 3.05) is 26.2 Å². The number of thiophene rings is 1. The molecule has 3 nitrogen and oxygen atoms in total. The van der Waals surface area contributed by atoms with Gasteiger partial charge in [0.15, 0.2) is 0 Å². The van der Waals surface area contributed by atoms with Crippen LogP contribution in [-0.4, -0.2) is 37.0 Å². The van der Waals surface area contributed by atoms with E-state index in [-0.39, 0.29) is 11.5 Å². The Morgan fingerprint density at radius 2 is 2.00 bits per heavy atom. The summed E-state index contributed by atoms with van der Waals surface area (Å²) in [4.78, 5) is 15.8. The fourth-order valence-corrected chi connectivity index (χ4v) is 3.93. The molecule has 122 valence electrons. The molecule has 0 spiro atoms. The smallest absolute Gasteiger partial charge is 0.254 e. The highest BCUT2D eigenvalue weighted by Crippen LogP contribution is 2.30. The van der Waals surface area contributed by atoms with Crippen LogP contribution in [0.25, 0.3) is 0 Å². The number of likely N-dealkylation sites (tertiary alicyclic amines) is 1. The minimum atomic E-state index is -0.471. The average Bonchev–Trinajstić information content (AvgIpc) is 3.10. The number of piperidine rings is 1. The SMILES string of the molecule is O=C(NCCN1CCC(c2cccs2)CC1)c1ccccc1F. The van der Waals surface area contributed by atoms with Crippen molar-refractivity contribution < 1.29 is 9.18 Å². The highest BCUT2D eigenvalue weighted by Gasteiger charge is 2.21. The molecule has 23 heavy (non-hydrogen) atoms. The number of halogens is 1. The summed E-state index contributed by atoms with van der Waals surface area (Å²) in [5.74, 6) is -0.127. The molecule has 1 aliphatic heterocycles. The van der Waals surface area contributed by atoms with Crippen LogP contribution in [0.15, 0.2) is 41.8 Å². The molecule has 0 aliphatic carbocycles. The maximum absolute atomic E-state index is 13.5. The first-order valence-corrected chi connectivity index (χ1v) is 8.90. The number of amides is 1. The standard InChI is InChI=1S/C18H21FN2OS/c19-16-5-2-1-4-15(16)18(22)20-9-12-21-10-7-14(8-11-21)17-6-3-13-23-17/h1-6,13-14H,7-12H2,(H,20,22). The summed E-state index contributed by atoms with van der Waals surface area (Å²) in [6, 6.07) is 10.4. The summed E-state index contributed by atoms with van der Waals surface area (Å²) in [7, 11) is 0. The number of rotatable bonds is 5. The summed E-state index contributed by atoms with van der Waals surface area (Å²) in [6.07, 6.45) is 2.34. The van der Waals surface area contributed by atoms with Gasteiger partial charge in [0.2, 0.25) is 0 Å². The Bertz CT molecular complexity index is 636. The summed E-state index contributed by atoms with van der Waals surface area (Å²) in [5.41, 5.74) is 0.115. The van der Waals surface area contributed by atoms with Crippen LogP contribution in [0, 0.1) is 5.82 Å². The van der Waals surface area contributed by atoms with E-state index in [2.05, 4.69) is 27.7 Å². The lowest BCUT2D eigenvalue weighted by Crippen LogP contribution is -2.39. The molecule has 2 heterocycles. The van der Waals surface area contributed by atoms with E-state index in [1.54, 1.807) is 12.1 Å². The highest BCUT2D eigenvalue weighted by molar-refractivity contribution is 7.10. The molecule has 1 N–H and O–H groups in total. The summed E-state index contributed by atoms with van der Waals surface area (Å²) < 4.78 is 13.5. The van der Waals surface area contributed by atoms with Crippen molar-refractivity contribution >= 4 is 17.2 Å². The van der Waals surface area contributed by atoms with Crippen molar-refractivity contribution in [2.45, 2.75) is 18.8 Å². The van der Waals surface area contributed by atoms with Crippen molar-refractivity contribution in [3.8, 4) is 0 Å². The normalized spacial score (nSPS) is 16.4. The Balaban J connectivity index is 1.40. The molecule has 0 atom stereocenters. The second-order valence-corrected chi connectivity index (χ2v) is 6.85. The van der Waals surface area contributed by atoms with E-state index in [1.165, 1.54) is 29.9 Å².